The van der Waals surface area contributed by atoms with Gasteiger partial charge in [0.1, 0.15) is 11.6 Å². The molecule has 0 radical (unpaired) electrons. The summed E-state index contributed by atoms with van der Waals surface area (Å²) in [5, 5.41) is 3.71. The molecule has 2 heterocycles. The number of fused-ring (bicyclic) bond motifs is 1. The van der Waals surface area contributed by atoms with E-state index in [2.05, 4.69) is 14.9 Å². The fourth-order valence-electron chi connectivity index (χ4n) is 3.44. The summed E-state index contributed by atoms with van der Waals surface area (Å²) in [7, 11) is 0. The van der Waals surface area contributed by atoms with Crippen LogP contribution in [-0.4, -0.2) is 27.0 Å². The van der Waals surface area contributed by atoms with Gasteiger partial charge in [0.2, 0.25) is 0 Å². The molecule has 1 N–H and O–H groups in total. The van der Waals surface area contributed by atoms with Gasteiger partial charge in [0.25, 0.3) is 5.91 Å². The highest BCUT2D eigenvalue weighted by molar-refractivity contribution is 6.30. The number of para-hydroxylation sites is 2. The lowest BCUT2D eigenvalue weighted by atomic mass is 10.2. The highest BCUT2D eigenvalue weighted by Gasteiger charge is 2.19. The quantitative estimate of drug-likeness (QED) is 0.394. The molecule has 158 valence electrons. The van der Waals surface area contributed by atoms with Gasteiger partial charge in [0, 0.05) is 24.0 Å². The zero-order chi connectivity index (χ0) is 21.6. The number of hydrogen-bond donors (Lipinski definition) is 1. The molecule has 0 aliphatic carbocycles. The van der Waals surface area contributed by atoms with Crippen LogP contribution in [0.4, 0.5) is 0 Å². The average molecular weight is 435 g/mol. The van der Waals surface area contributed by atoms with E-state index in [-0.39, 0.29) is 11.9 Å². The molecule has 0 aliphatic rings. The molecule has 0 saturated carbocycles. The van der Waals surface area contributed by atoms with E-state index in [0.717, 1.165) is 35.6 Å². The van der Waals surface area contributed by atoms with Crippen molar-refractivity contribution in [1.29, 1.82) is 0 Å². The molecule has 2 aromatic carbocycles. The van der Waals surface area contributed by atoms with Crippen LogP contribution in [0, 0.1) is 0 Å². The van der Waals surface area contributed by atoms with Crippen molar-refractivity contribution in [3.8, 4) is 5.75 Å². The van der Waals surface area contributed by atoms with Gasteiger partial charge >= 0.3 is 0 Å². The predicted octanol–water partition coefficient (Wildman–Crippen LogP) is 5.04. The maximum atomic E-state index is 12.6. The number of aromatic nitrogens is 3. The minimum absolute atomic E-state index is 0.176. The Morgan fingerprint density at radius 3 is 2.71 bits per heavy atom. The van der Waals surface area contributed by atoms with Crippen molar-refractivity contribution in [1.82, 2.24) is 19.9 Å². The molecule has 2 aromatic heterocycles. The minimum atomic E-state index is -0.266. The van der Waals surface area contributed by atoms with Gasteiger partial charge in [-0.2, -0.15) is 0 Å². The van der Waals surface area contributed by atoms with Crippen LogP contribution < -0.4 is 10.1 Å². The molecule has 31 heavy (non-hydrogen) atoms. The Hall–Kier alpha value is -3.38. The Kier molecular flexibility index (Phi) is 6.48. The summed E-state index contributed by atoms with van der Waals surface area (Å²) in [6.45, 7) is 3.22. The van der Waals surface area contributed by atoms with Crippen molar-refractivity contribution in [3.05, 3.63) is 89.5 Å². The monoisotopic (exact) mass is 434 g/mol. The second-order valence-corrected chi connectivity index (χ2v) is 7.64. The number of nitrogens with zero attached hydrogens (tertiary/aromatic N) is 3. The lowest BCUT2D eigenvalue weighted by Gasteiger charge is -2.16. The molecule has 1 amide bonds. The molecule has 1 unspecified atom stereocenters. The summed E-state index contributed by atoms with van der Waals surface area (Å²) in [5.74, 6) is 1.42. The van der Waals surface area contributed by atoms with E-state index < -0.39 is 0 Å². The Bertz CT molecular complexity index is 1160. The Balaban J connectivity index is 1.47. The largest absolute Gasteiger partial charge is 0.494 e. The second-order valence-electron chi connectivity index (χ2n) is 7.20. The highest BCUT2D eigenvalue weighted by Crippen LogP contribution is 2.22. The van der Waals surface area contributed by atoms with Crippen LogP contribution in [0.5, 0.6) is 5.75 Å². The van der Waals surface area contributed by atoms with E-state index in [1.54, 1.807) is 24.5 Å². The molecule has 7 heteroatoms. The van der Waals surface area contributed by atoms with Crippen LogP contribution in [-0.2, 0) is 6.54 Å². The molecule has 0 spiro atoms. The van der Waals surface area contributed by atoms with E-state index in [1.807, 2.05) is 55.5 Å². The van der Waals surface area contributed by atoms with Gasteiger partial charge in [-0.1, -0.05) is 23.7 Å². The number of ether oxygens (including phenoxy) is 1. The third-order valence-corrected chi connectivity index (χ3v) is 5.20. The van der Waals surface area contributed by atoms with Crippen LogP contribution in [0.1, 0.15) is 35.6 Å². The first-order valence-electron chi connectivity index (χ1n) is 10.2. The molecule has 0 saturated heterocycles. The van der Waals surface area contributed by atoms with Crippen molar-refractivity contribution in [2.45, 2.75) is 25.9 Å². The van der Waals surface area contributed by atoms with Crippen molar-refractivity contribution < 1.29 is 9.53 Å². The van der Waals surface area contributed by atoms with Crippen LogP contribution in [0.15, 0.2) is 73.1 Å². The van der Waals surface area contributed by atoms with Gasteiger partial charge in [-0.15, -0.1) is 0 Å². The molecular formula is C24H23ClN4O2. The summed E-state index contributed by atoms with van der Waals surface area (Å²) >= 11 is 5.92. The van der Waals surface area contributed by atoms with Gasteiger partial charge in [-0.05, 0) is 61.9 Å². The zero-order valence-electron chi connectivity index (χ0n) is 17.2. The van der Waals surface area contributed by atoms with Gasteiger partial charge < -0.3 is 14.6 Å². The number of aryl methyl sites for hydroxylation is 1. The van der Waals surface area contributed by atoms with Crippen LogP contribution in [0.25, 0.3) is 11.0 Å². The lowest BCUT2D eigenvalue weighted by Crippen LogP contribution is -2.29. The SMILES string of the molecule is CC(NC(=O)c1cccnc1)c1nc2ccccc2n1CCCOc1ccc(Cl)cc1. The molecule has 0 aliphatic heterocycles. The number of imidazole rings is 1. The smallest absolute Gasteiger partial charge is 0.253 e. The number of carbonyl (C=O) groups excluding carboxylic acids is 1. The molecule has 1 atom stereocenters. The van der Waals surface area contributed by atoms with Crippen LogP contribution in [0.2, 0.25) is 5.02 Å². The fraction of sp³-hybridized carbons (Fsp3) is 0.208. The molecule has 0 fully saturated rings. The standard InChI is InChI=1S/C24H23ClN4O2/c1-17(27-24(30)18-6-4-13-26-16-18)23-28-21-7-2-3-8-22(21)29(23)14-5-15-31-20-11-9-19(25)10-12-20/h2-4,6-13,16-17H,5,14-15H2,1H3,(H,27,30). The molecular weight excluding hydrogens is 412 g/mol. The van der Waals surface area contributed by atoms with Gasteiger partial charge in [-0.25, -0.2) is 4.98 Å². The number of halogens is 1. The van der Waals surface area contributed by atoms with E-state index >= 15 is 0 Å². The van der Waals surface area contributed by atoms with E-state index in [9.17, 15) is 4.79 Å². The van der Waals surface area contributed by atoms with E-state index in [0.29, 0.717) is 17.2 Å². The Morgan fingerprint density at radius 2 is 1.94 bits per heavy atom. The molecule has 6 nitrogen and oxygen atoms in total. The first kappa shape index (κ1) is 20.9. The summed E-state index contributed by atoms with van der Waals surface area (Å²) < 4.78 is 7.97. The second kappa shape index (κ2) is 9.62. The number of carbonyl (C=O) groups is 1. The molecule has 4 aromatic rings. The number of benzene rings is 2. The topological polar surface area (TPSA) is 69.0 Å². The third kappa shape index (κ3) is 5.03. The van der Waals surface area contributed by atoms with Gasteiger partial charge in [0.15, 0.2) is 0 Å². The van der Waals surface area contributed by atoms with Crippen molar-refractivity contribution in [3.63, 3.8) is 0 Å². The Morgan fingerprint density at radius 1 is 1.13 bits per heavy atom. The van der Waals surface area contributed by atoms with Crippen molar-refractivity contribution in [2.24, 2.45) is 0 Å². The minimum Gasteiger partial charge on any atom is -0.494 e. The van der Waals surface area contributed by atoms with Gasteiger partial charge in [0.05, 0.1) is 29.2 Å². The first-order chi connectivity index (χ1) is 15.1. The third-order valence-electron chi connectivity index (χ3n) is 4.95. The van der Waals surface area contributed by atoms with Crippen molar-refractivity contribution in [2.75, 3.05) is 6.61 Å². The maximum absolute atomic E-state index is 12.6. The summed E-state index contributed by atoms with van der Waals surface area (Å²) in [6.07, 6.45) is 3.99. The Labute approximate surface area is 185 Å². The summed E-state index contributed by atoms with van der Waals surface area (Å²) in [6, 6.07) is 18.5. The normalized spacial score (nSPS) is 11.9. The lowest BCUT2D eigenvalue weighted by molar-refractivity contribution is 0.0937. The van der Waals surface area contributed by atoms with Crippen LogP contribution in [0.3, 0.4) is 0 Å². The van der Waals surface area contributed by atoms with Crippen LogP contribution >= 0.6 is 11.6 Å². The van der Waals surface area contributed by atoms with E-state index in [1.165, 1.54) is 0 Å². The number of nitrogens with one attached hydrogen (secondary N) is 1. The summed E-state index contributed by atoms with van der Waals surface area (Å²) in [4.78, 5) is 21.4. The molecule has 4 rings (SSSR count). The highest BCUT2D eigenvalue weighted by atomic mass is 35.5. The predicted molar refractivity (Wildman–Crippen MR) is 121 cm³/mol. The maximum Gasteiger partial charge on any atom is 0.253 e. The van der Waals surface area contributed by atoms with E-state index in [4.69, 9.17) is 21.3 Å². The average Bonchev–Trinajstić information content (AvgIpc) is 3.17. The van der Waals surface area contributed by atoms with Crippen molar-refractivity contribution >= 4 is 28.5 Å². The number of rotatable bonds is 8. The number of hydrogen-bond acceptors (Lipinski definition) is 4. The summed E-state index contributed by atoms with van der Waals surface area (Å²) in [5.41, 5.74) is 2.46. The molecule has 0 bridgehead atoms. The zero-order valence-corrected chi connectivity index (χ0v) is 17.9. The van der Waals surface area contributed by atoms with Gasteiger partial charge in [-0.3, -0.25) is 9.78 Å². The number of pyridine rings is 1. The number of amides is 1. The first-order valence-corrected chi connectivity index (χ1v) is 10.5. The fourth-order valence-corrected chi connectivity index (χ4v) is 3.57.